The molecule has 0 radical (unpaired) electrons. The fraction of sp³-hybridized carbons (Fsp3) is 0.545. The van der Waals surface area contributed by atoms with Gasteiger partial charge in [0.2, 0.25) is 0 Å². The van der Waals surface area contributed by atoms with E-state index < -0.39 is 0 Å². The molecular formula is C11H17N. The number of pyridine rings is 1. The summed E-state index contributed by atoms with van der Waals surface area (Å²) >= 11 is 0. The number of rotatable bonds is 3. The minimum Gasteiger partial charge on any atom is -0.261 e. The first-order valence-corrected chi connectivity index (χ1v) is 4.72. The SMILES string of the molecule is CCc1ccc([C@H](C)CC)cn1. The molecule has 66 valence electrons. The molecule has 1 rings (SSSR count). The van der Waals surface area contributed by atoms with Crippen molar-refractivity contribution >= 4 is 0 Å². The van der Waals surface area contributed by atoms with Crippen molar-refractivity contribution in [3.63, 3.8) is 0 Å². The average molecular weight is 163 g/mol. The number of aromatic nitrogens is 1. The topological polar surface area (TPSA) is 12.9 Å². The summed E-state index contributed by atoms with van der Waals surface area (Å²) in [5.41, 5.74) is 2.54. The largest absolute Gasteiger partial charge is 0.261 e. The third-order valence-electron chi connectivity index (χ3n) is 2.39. The second-order valence-electron chi connectivity index (χ2n) is 3.25. The minimum absolute atomic E-state index is 0.642. The van der Waals surface area contributed by atoms with Crippen molar-refractivity contribution < 1.29 is 0 Å². The number of hydrogen-bond acceptors (Lipinski definition) is 1. The molecule has 0 aliphatic carbocycles. The van der Waals surface area contributed by atoms with Crippen LogP contribution in [0.2, 0.25) is 0 Å². The van der Waals surface area contributed by atoms with Crippen LogP contribution in [0.1, 0.15) is 44.4 Å². The highest BCUT2D eigenvalue weighted by Gasteiger charge is 2.01. The molecule has 0 saturated carbocycles. The summed E-state index contributed by atoms with van der Waals surface area (Å²) in [6.07, 6.45) is 4.22. The third-order valence-corrected chi connectivity index (χ3v) is 2.39. The summed E-state index contributed by atoms with van der Waals surface area (Å²) in [7, 11) is 0. The van der Waals surface area contributed by atoms with E-state index in [1.165, 1.54) is 17.7 Å². The molecule has 0 N–H and O–H groups in total. The van der Waals surface area contributed by atoms with Crippen molar-refractivity contribution in [2.75, 3.05) is 0 Å². The van der Waals surface area contributed by atoms with Crippen LogP contribution in [-0.4, -0.2) is 4.98 Å². The van der Waals surface area contributed by atoms with Gasteiger partial charge < -0.3 is 0 Å². The molecule has 0 bridgehead atoms. The van der Waals surface area contributed by atoms with E-state index in [1.54, 1.807) is 0 Å². The van der Waals surface area contributed by atoms with Gasteiger partial charge in [0, 0.05) is 11.9 Å². The van der Waals surface area contributed by atoms with Gasteiger partial charge in [-0.1, -0.05) is 26.8 Å². The Hall–Kier alpha value is -0.850. The smallest absolute Gasteiger partial charge is 0.0401 e. The molecule has 1 atom stereocenters. The molecule has 0 amide bonds. The first kappa shape index (κ1) is 9.24. The fourth-order valence-corrected chi connectivity index (χ4v) is 1.17. The molecule has 0 spiro atoms. The van der Waals surface area contributed by atoms with Gasteiger partial charge in [0.25, 0.3) is 0 Å². The van der Waals surface area contributed by atoms with Crippen LogP contribution < -0.4 is 0 Å². The average Bonchev–Trinajstić information content (AvgIpc) is 2.17. The zero-order valence-corrected chi connectivity index (χ0v) is 8.17. The van der Waals surface area contributed by atoms with Crippen molar-refractivity contribution in [2.24, 2.45) is 0 Å². The first-order valence-electron chi connectivity index (χ1n) is 4.72. The summed E-state index contributed by atoms with van der Waals surface area (Å²) < 4.78 is 0. The molecule has 1 aromatic rings. The Labute approximate surface area is 74.8 Å². The standard InChI is InChI=1S/C11H17N/c1-4-9(3)10-6-7-11(5-2)12-8-10/h6-9H,4-5H2,1-3H3/t9-/m1/s1. The van der Waals surface area contributed by atoms with Gasteiger partial charge in [-0.3, -0.25) is 4.98 Å². The Bertz CT molecular complexity index is 225. The highest BCUT2D eigenvalue weighted by molar-refractivity contribution is 5.17. The zero-order valence-electron chi connectivity index (χ0n) is 8.17. The van der Waals surface area contributed by atoms with Gasteiger partial charge in [0.15, 0.2) is 0 Å². The van der Waals surface area contributed by atoms with E-state index in [-0.39, 0.29) is 0 Å². The number of nitrogens with zero attached hydrogens (tertiary/aromatic N) is 1. The lowest BCUT2D eigenvalue weighted by Crippen LogP contribution is -1.94. The summed E-state index contributed by atoms with van der Waals surface area (Å²) in [4.78, 5) is 4.37. The molecule has 1 aromatic heterocycles. The second-order valence-corrected chi connectivity index (χ2v) is 3.25. The van der Waals surface area contributed by atoms with E-state index in [2.05, 4.69) is 37.9 Å². The van der Waals surface area contributed by atoms with Gasteiger partial charge in [-0.05, 0) is 30.4 Å². The molecule has 0 aromatic carbocycles. The molecule has 0 saturated heterocycles. The minimum atomic E-state index is 0.642. The second kappa shape index (κ2) is 4.24. The summed E-state index contributed by atoms with van der Waals surface area (Å²) in [5, 5.41) is 0. The van der Waals surface area contributed by atoms with E-state index >= 15 is 0 Å². The summed E-state index contributed by atoms with van der Waals surface area (Å²) in [6.45, 7) is 6.58. The highest BCUT2D eigenvalue weighted by atomic mass is 14.7. The lowest BCUT2D eigenvalue weighted by atomic mass is 10.0. The first-order chi connectivity index (χ1) is 5.77. The monoisotopic (exact) mass is 163 g/mol. The molecule has 0 unspecified atom stereocenters. The van der Waals surface area contributed by atoms with Crippen LogP contribution in [-0.2, 0) is 6.42 Å². The maximum atomic E-state index is 4.37. The quantitative estimate of drug-likeness (QED) is 0.667. The fourth-order valence-electron chi connectivity index (χ4n) is 1.17. The lowest BCUT2D eigenvalue weighted by molar-refractivity contribution is 0.728. The summed E-state index contributed by atoms with van der Waals surface area (Å²) in [6, 6.07) is 4.32. The van der Waals surface area contributed by atoms with E-state index in [0.29, 0.717) is 5.92 Å². The lowest BCUT2D eigenvalue weighted by Gasteiger charge is -2.07. The Kier molecular flexibility index (Phi) is 3.27. The number of aryl methyl sites for hydroxylation is 1. The van der Waals surface area contributed by atoms with Crippen molar-refractivity contribution in [3.8, 4) is 0 Å². The van der Waals surface area contributed by atoms with Crippen LogP contribution >= 0.6 is 0 Å². The van der Waals surface area contributed by atoms with Gasteiger partial charge in [-0.15, -0.1) is 0 Å². The molecule has 1 heteroatoms. The van der Waals surface area contributed by atoms with Gasteiger partial charge in [0.1, 0.15) is 0 Å². The summed E-state index contributed by atoms with van der Waals surface area (Å²) in [5.74, 6) is 0.642. The van der Waals surface area contributed by atoms with E-state index in [4.69, 9.17) is 0 Å². The van der Waals surface area contributed by atoms with Gasteiger partial charge in [-0.25, -0.2) is 0 Å². The molecule has 0 aliphatic heterocycles. The molecule has 0 aliphatic rings. The van der Waals surface area contributed by atoms with E-state index in [1.807, 2.05) is 6.20 Å². The Balaban J connectivity index is 2.77. The molecule has 0 fully saturated rings. The van der Waals surface area contributed by atoms with Crippen LogP contribution in [0.5, 0.6) is 0 Å². The van der Waals surface area contributed by atoms with Crippen LogP contribution in [0.25, 0.3) is 0 Å². The number of hydrogen-bond donors (Lipinski definition) is 0. The molecule has 1 heterocycles. The van der Waals surface area contributed by atoms with E-state index in [9.17, 15) is 0 Å². The Morgan fingerprint density at radius 1 is 1.33 bits per heavy atom. The van der Waals surface area contributed by atoms with Gasteiger partial charge in [0.05, 0.1) is 0 Å². The molecule has 12 heavy (non-hydrogen) atoms. The Morgan fingerprint density at radius 2 is 2.08 bits per heavy atom. The van der Waals surface area contributed by atoms with Crippen LogP contribution in [0.15, 0.2) is 18.3 Å². The van der Waals surface area contributed by atoms with Crippen LogP contribution in [0.3, 0.4) is 0 Å². The highest BCUT2D eigenvalue weighted by Crippen LogP contribution is 2.17. The third kappa shape index (κ3) is 2.07. The van der Waals surface area contributed by atoms with Crippen molar-refractivity contribution in [3.05, 3.63) is 29.6 Å². The maximum Gasteiger partial charge on any atom is 0.0401 e. The van der Waals surface area contributed by atoms with Crippen molar-refractivity contribution in [1.82, 2.24) is 4.98 Å². The van der Waals surface area contributed by atoms with Crippen molar-refractivity contribution in [2.45, 2.75) is 39.5 Å². The molecule has 1 nitrogen and oxygen atoms in total. The molecular weight excluding hydrogens is 146 g/mol. The van der Waals surface area contributed by atoms with Crippen LogP contribution in [0, 0.1) is 0 Å². The van der Waals surface area contributed by atoms with Gasteiger partial charge in [-0.2, -0.15) is 0 Å². The predicted molar refractivity (Wildman–Crippen MR) is 52.3 cm³/mol. The zero-order chi connectivity index (χ0) is 8.97. The maximum absolute atomic E-state index is 4.37. The predicted octanol–water partition coefficient (Wildman–Crippen LogP) is 3.16. The van der Waals surface area contributed by atoms with Crippen molar-refractivity contribution in [1.29, 1.82) is 0 Å². The van der Waals surface area contributed by atoms with Crippen LogP contribution in [0.4, 0.5) is 0 Å². The Morgan fingerprint density at radius 3 is 2.50 bits per heavy atom. The van der Waals surface area contributed by atoms with E-state index in [0.717, 1.165) is 6.42 Å². The van der Waals surface area contributed by atoms with Gasteiger partial charge >= 0.3 is 0 Å². The normalized spacial score (nSPS) is 12.9.